The van der Waals surface area contributed by atoms with Crippen molar-refractivity contribution in [2.45, 2.75) is 12.8 Å². The third kappa shape index (κ3) is 2.94. The summed E-state index contributed by atoms with van der Waals surface area (Å²) in [6, 6.07) is 5.17. The fraction of sp³-hybridized carbons (Fsp3) is 0.385. The van der Waals surface area contributed by atoms with Crippen LogP contribution in [0.2, 0.25) is 0 Å². The standard InChI is InChI=1S/C13H14F2N2O2S/c1-17(11(18)7-19-2)13-12-8(6-10(14)15)4-3-5-9(12)20-16-13/h3-5,10H,6-7H2,1-2H3. The predicted octanol–water partition coefficient (Wildman–Crippen LogP) is 2.71. The number of fused-ring (bicyclic) bond motifs is 1. The van der Waals surface area contributed by atoms with E-state index in [9.17, 15) is 13.6 Å². The van der Waals surface area contributed by atoms with Gasteiger partial charge in [0, 0.05) is 26.0 Å². The van der Waals surface area contributed by atoms with Crippen molar-refractivity contribution in [3.05, 3.63) is 23.8 Å². The molecule has 0 bridgehead atoms. The Labute approximate surface area is 119 Å². The van der Waals surface area contributed by atoms with Crippen molar-refractivity contribution in [2.75, 3.05) is 25.7 Å². The van der Waals surface area contributed by atoms with Crippen LogP contribution < -0.4 is 4.90 Å². The topological polar surface area (TPSA) is 42.4 Å². The number of alkyl halides is 2. The zero-order valence-electron chi connectivity index (χ0n) is 11.1. The van der Waals surface area contributed by atoms with Crippen LogP contribution in [0.5, 0.6) is 0 Å². The van der Waals surface area contributed by atoms with E-state index in [0.717, 1.165) is 4.70 Å². The normalized spacial score (nSPS) is 11.2. The van der Waals surface area contributed by atoms with Gasteiger partial charge in [0.15, 0.2) is 5.82 Å². The molecule has 1 amide bonds. The SMILES string of the molecule is COCC(=O)N(C)c1nsc2cccc(CC(F)F)c12. The zero-order valence-corrected chi connectivity index (χ0v) is 11.9. The molecule has 0 aliphatic heterocycles. The molecule has 108 valence electrons. The maximum Gasteiger partial charge on any atom is 0.253 e. The number of nitrogens with zero attached hydrogens (tertiary/aromatic N) is 2. The minimum Gasteiger partial charge on any atom is -0.375 e. The molecule has 1 heterocycles. The van der Waals surface area contributed by atoms with E-state index in [-0.39, 0.29) is 18.9 Å². The summed E-state index contributed by atoms with van der Waals surface area (Å²) in [6.07, 6.45) is -2.79. The highest BCUT2D eigenvalue weighted by Crippen LogP contribution is 2.33. The predicted molar refractivity (Wildman–Crippen MR) is 74.6 cm³/mol. The molecule has 0 fully saturated rings. The largest absolute Gasteiger partial charge is 0.375 e. The van der Waals surface area contributed by atoms with Crippen molar-refractivity contribution in [3.63, 3.8) is 0 Å². The smallest absolute Gasteiger partial charge is 0.253 e. The lowest BCUT2D eigenvalue weighted by atomic mass is 10.1. The highest BCUT2D eigenvalue weighted by molar-refractivity contribution is 7.13. The molecule has 0 aliphatic rings. The molecule has 2 aromatic rings. The van der Waals surface area contributed by atoms with Gasteiger partial charge in [-0.2, -0.15) is 4.37 Å². The fourth-order valence-corrected chi connectivity index (χ4v) is 2.80. The van der Waals surface area contributed by atoms with Gasteiger partial charge in [-0.25, -0.2) is 8.78 Å². The van der Waals surface area contributed by atoms with Gasteiger partial charge >= 0.3 is 0 Å². The molecule has 20 heavy (non-hydrogen) atoms. The lowest BCUT2D eigenvalue weighted by Crippen LogP contribution is -2.30. The molecule has 0 N–H and O–H groups in total. The number of carbonyl (C=O) groups excluding carboxylic acids is 1. The lowest BCUT2D eigenvalue weighted by Gasteiger charge is -2.15. The van der Waals surface area contributed by atoms with Gasteiger partial charge in [0.25, 0.3) is 5.91 Å². The second-order valence-electron chi connectivity index (χ2n) is 4.28. The first-order valence-electron chi connectivity index (χ1n) is 5.95. The van der Waals surface area contributed by atoms with Crippen molar-refractivity contribution in [2.24, 2.45) is 0 Å². The van der Waals surface area contributed by atoms with E-state index in [0.29, 0.717) is 16.8 Å². The number of hydrogen-bond acceptors (Lipinski definition) is 4. The van der Waals surface area contributed by atoms with Crippen molar-refractivity contribution in [3.8, 4) is 0 Å². The van der Waals surface area contributed by atoms with Crippen LogP contribution in [0.1, 0.15) is 5.56 Å². The first kappa shape index (κ1) is 14.8. The maximum atomic E-state index is 12.6. The average molecular weight is 300 g/mol. The molecule has 0 saturated carbocycles. The number of methoxy groups -OCH3 is 1. The van der Waals surface area contributed by atoms with Crippen LogP contribution >= 0.6 is 11.5 Å². The average Bonchev–Trinajstić information content (AvgIpc) is 2.82. The fourth-order valence-electron chi connectivity index (χ4n) is 1.95. The molecule has 0 spiro atoms. The Morgan fingerprint density at radius 3 is 2.90 bits per heavy atom. The van der Waals surface area contributed by atoms with E-state index in [2.05, 4.69) is 4.37 Å². The van der Waals surface area contributed by atoms with Crippen LogP contribution in [0.15, 0.2) is 18.2 Å². The summed E-state index contributed by atoms with van der Waals surface area (Å²) in [5, 5.41) is 0.616. The number of amides is 1. The summed E-state index contributed by atoms with van der Waals surface area (Å²) in [6.45, 7) is -0.0769. The summed E-state index contributed by atoms with van der Waals surface area (Å²) in [4.78, 5) is 13.2. The van der Waals surface area contributed by atoms with Crippen LogP contribution in [0, 0.1) is 0 Å². The number of anilines is 1. The van der Waals surface area contributed by atoms with E-state index >= 15 is 0 Å². The number of likely N-dealkylation sites (N-methyl/N-ethyl adjacent to an activating group) is 1. The number of benzene rings is 1. The first-order chi connectivity index (χ1) is 9.54. The van der Waals surface area contributed by atoms with Crippen molar-refractivity contribution >= 4 is 33.3 Å². The van der Waals surface area contributed by atoms with Gasteiger partial charge in [-0.3, -0.25) is 9.69 Å². The van der Waals surface area contributed by atoms with Gasteiger partial charge in [-0.05, 0) is 23.2 Å². The molecule has 0 saturated heterocycles. The number of halogens is 2. The number of rotatable bonds is 5. The molecular weight excluding hydrogens is 286 g/mol. The molecule has 4 nitrogen and oxygen atoms in total. The van der Waals surface area contributed by atoms with Crippen LogP contribution in [0.25, 0.3) is 10.1 Å². The monoisotopic (exact) mass is 300 g/mol. The van der Waals surface area contributed by atoms with Crippen LogP contribution in [0.3, 0.4) is 0 Å². The first-order valence-corrected chi connectivity index (χ1v) is 6.72. The summed E-state index contributed by atoms with van der Waals surface area (Å²) in [5.74, 6) is 0.134. The second-order valence-corrected chi connectivity index (χ2v) is 5.08. The number of aromatic nitrogens is 1. The van der Waals surface area contributed by atoms with E-state index < -0.39 is 6.43 Å². The van der Waals surface area contributed by atoms with Gasteiger partial charge in [0.2, 0.25) is 6.43 Å². The van der Waals surface area contributed by atoms with Crippen LogP contribution in [-0.4, -0.2) is 37.5 Å². The molecule has 7 heteroatoms. The van der Waals surface area contributed by atoms with Crippen LogP contribution in [-0.2, 0) is 16.0 Å². The van der Waals surface area contributed by atoms with E-state index in [1.54, 1.807) is 25.2 Å². The van der Waals surface area contributed by atoms with E-state index in [1.807, 2.05) is 0 Å². The Balaban J connectivity index is 2.46. The van der Waals surface area contributed by atoms with Gasteiger partial charge in [-0.1, -0.05) is 12.1 Å². The summed E-state index contributed by atoms with van der Waals surface area (Å²) in [7, 11) is 2.99. The molecule has 0 aliphatic carbocycles. The summed E-state index contributed by atoms with van der Waals surface area (Å²) in [5.41, 5.74) is 0.498. The zero-order chi connectivity index (χ0) is 14.7. The highest BCUT2D eigenvalue weighted by atomic mass is 32.1. The minimum atomic E-state index is -2.44. The highest BCUT2D eigenvalue weighted by Gasteiger charge is 2.20. The van der Waals surface area contributed by atoms with Gasteiger partial charge in [0.05, 0.1) is 4.70 Å². The Kier molecular flexibility index (Phi) is 4.61. The van der Waals surface area contributed by atoms with Gasteiger partial charge in [0.1, 0.15) is 6.61 Å². The summed E-state index contributed by atoms with van der Waals surface area (Å²) >= 11 is 1.19. The Hall–Kier alpha value is -1.60. The van der Waals surface area contributed by atoms with Crippen LogP contribution in [0.4, 0.5) is 14.6 Å². The van der Waals surface area contributed by atoms with Crippen molar-refractivity contribution in [1.29, 1.82) is 0 Å². The van der Waals surface area contributed by atoms with E-state index in [4.69, 9.17) is 4.74 Å². The molecule has 0 radical (unpaired) electrons. The molecule has 1 aromatic heterocycles. The van der Waals surface area contributed by atoms with Crippen molar-refractivity contribution < 1.29 is 18.3 Å². The number of carbonyl (C=O) groups is 1. The second kappa shape index (κ2) is 6.23. The Bertz CT molecular complexity index is 615. The third-order valence-electron chi connectivity index (χ3n) is 2.90. The molecular formula is C13H14F2N2O2S. The lowest BCUT2D eigenvalue weighted by molar-refractivity contribution is -0.121. The molecule has 0 atom stereocenters. The molecule has 0 unspecified atom stereocenters. The van der Waals surface area contributed by atoms with Gasteiger partial charge in [-0.15, -0.1) is 0 Å². The minimum absolute atomic E-state index is 0.0769. The Morgan fingerprint density at radius 1 is 1.50 bits per heavy atom. The third-order valence-corrected chi connectivity index (χ3v) is 3.70. The molecule has 2 rings (SSSR count). The summed E-state index contributed by atoms with van der Waals surface area (Å²) < 4.78 is 35.1. The van der Waals surface area contributed by atoms with Gasteiger partial charge < -0.3 is 4.74 Å². The quantitative estimate of drug-likeness (QED) is 0.852. The maximum absolute atomic E-state index is 12.6. The van der Waals surface area contributed by atoms with E-state index in [1.165, 1.54) is 23.5 Å². The van der Waals surface area contributed by atoms with Crippen molar-refractivity contribution in [1.82, 2.24) is 4.37 Å². The number of hydrogen-bond donors (Lipinski definition) is 0. The molecule has 1 aromatic carbocycles. The Morgan fingerprint density at radius 2 is 2.25 bits per heavy atom. The number of ether oxygens (including phenoxy) is 1.